The summed E-state index contributed by atoms with van der Waals surface area (Å²) in [6.07, 6.45) is 0. The zero-order valence-electron chi connectivity index (χ0n) is 29.5. The molecule has 0 aliphatic carbocycles. The monoisotopic (exact) mass is 749 g/mol. The molecule has 0 spiro atoms. The summed E-state index contributed by atoms with van der Waals surface area (Å²) in [5, 5.41) is 16.9. The van der Waals surface area contributed by atoms with Crippen LogP contribution in [0, 0.1) is 0 Å². The number of ether oxygens (including phenoxy) is 1. The molecule has 0 saturated carbocycles. The lowest BCUT2D eigenvalue weighted by molar-refractivity contribution is 0.243. The van der Waals surface area contributed by atoms with Crippen molar-refractivity contribution in [3.05, 3.63) is 205 Å². The Labute approximate surface area is 315 Å². The molecule has 0 radical (unpaired) electrons. The summed E-state index contributed by atoms with van der Waals surface area (Å²) in [6.45, 7) is 4.70. The van der Waals surface area contributed by atoms with Crippen LogP contribution in [0.5, 0.6) is 11.5 Å². The van der Waals surface area contributed by atoms with Gasteiger partial charge in [0, 0.05) is 32.7 Å². The zero-order chi connectivity index (χ0) is 36.8. The van der Waals surface area contributed by atoms with Gasteiger partial charge >= 0.3 is 13.9 Å². The first kappa shape index (κ1) is 36.6. The van der Waals surface area contributed by atoms with Crippen LogP contribution in [-0.4, -0.2) is 10.00 Å². The van der Waals surface area contributed by atoms with E-state index in [-0.39, 0.29) is 5.41 Å². The molecule has 1 aliphatic rings. The predicted molar refractivity (Wildman–Crippen MR) is 224 cm³/mol. The SMILES string of the molecule is CC1(C)c2cccc(P(c3ccccc3)c3ccccc3)c2Oc2c(P(c3ccccc3)c3ccccc3)cccc21.O=[P+](O)C(O)c1ccccc1. The van der Waals surface area contributed by atoms with Gasteiger partial charge in [0.05, 0.1) is 0 Å². The van der Waals surface area contributed by atoms with Crippen LogP contribution in [0.3, 0.4) is 0 Å². The van der Waals surface area contributed by atoms with Gasteiger partial charge in [-0.25, -0.2) is 0 Å². The molecule has 0 aromatic heterocycles. The topological polar surface area (TPSA) is 66.8 Å². The number of hydrogen-bond acceptors (Lipinski definition) is 3. The van der Waals surface area contributed by atoms with Gasteiger partial charge in [-0.05, 0) is 41.6 Å². The molecule has 0 bridgehead atoms. The van der Waals surface area contributed by atoms with E-state index in [1.807, 2.05) is 0 Å². The summed E-state index contributed by atoms with van der Waals surface area (Å²) in [4.78, 5) is 8.53. The Kier molecular flexibility index (Phi) is 11.4. The zero-order valence-corrected chi connectivity index (χ0v) is 32.2. The molecule has 7 aromatic rings. The van der Waals surface area contributed by atoms with Crippen molar-refractivity contribution < 1.29 is 19.3 Å². The number of fused-ring (bicyclic) bond motifs is 2. The van der Waals surface area contributed by atoms with Crippen molar-refractivity contribution in [2.24, 2.45) is 0 Å². The summed E-state index contributed by atoms with van der Waals surface area (Å²) in [6, 6.07) is 65.6. The van der Waals surface area contributed by atoms with Gasteiger partial charge in [0.15, 0.2) is 0 Å². The Morgan fingerprint density at radius 3 is 1.13 bits per heavy atom. The first-order valence-electron chi connectivity index (χ1n) is 17.5. The van der Waals surface area contributed by atoms with Crippen LogP contribution in [0.25, 0.3) is 0 Å². The highest BCUT2D eigenvalue weighted by atomic mass is 31.1. The minimum atomic E-state index is -2.53. The lowest BCUT2D eigenvalue weighted by Gasteiger charge is -2.38. The highest BCUT2D eigenvalue weighted by molar-refractivity contribution is 7.80. The van der Waals surface area contributed by atoms with Crippen LogP contribution in [0.4, 0.5) is 0 Å². The highest BCUT2D eigenvalue weighted by Gasteiger charge is 2.39. The Morgan fingerprint density at radius 2 is 0.811 bits per heavy atom. The number of hydrogen-bond donors (Lipinski definition) is 2. The fourth-order valence-electron chi connectivity index (χ4n) is 6.76. The van der Waals surface area contributed by atoms with E-state index in [4.69, 9.17) is 14.7 Å². The summed E-state index contributed by atoms with van der Waals surface area (Å²) in [7, 11) is -4.18. The maximum Gasteiger partial charge on any atom is 0.542 e. The quantitative estimate of drug-likeness (QED) is 0.152. The van der Waals surface area contributed by atoms with Crippen LogP contribution in [-0.2, 0) is 9.98 Å². The van der Waals surface area contributed by atoms with Crippen molar-refractivity contribution >= 4 is 55.7 Å². The first-order chi connectivity index (χ1) is 25.8. The molecule has 2 unspecified atom stereocenters. The van der Waals surface area contributed by atoms with E-state index in [1.165, 1.54) is 43.0 Å². The smallest absolute Gasteiger partial charge is 0.455 e. The maximum atomic E-state index is 10.4. The lowest BCUT2D eigenvalue weighted by atomic mass is 9.76. The molecule has 0 fully saturated rings. The van der Waals surface area contributed by atoms with E-state index in [2.05, 4.69) is 172 Å². The molecule has 2 atom stereocenters. The van der Waals surface area contributed by atoms with Crippen molar-refractivity contribution in [1.29, 1.82) is 0 Å². The fraction of sp³-hybridized carbons (Fsp3) is 0.0870. The second kappa shape index (κ2) is 16.5. The van der Waals surface area contributed by atoms with E-state index in [9.17, 15) is 4.57 Å². The van der Waals surface area contributed by atoms with Crippen LogP contribution >= 0.6 is 23.9 Å². The van der Waals surface area contributed by atoms with E-state index < -0.39 is 29.7 Å². The molecule has 0 saturated heterocycles. The average molecular weight is 750 g/mol. The molecule has 4 nitrogen and oxygen atoms in total. The minimum absolute atomic E-state index is 0.225. The third kappa shape index (κ3) is 7.81. The molecule has 1 heterocycles. The first-order valence-corrected chi connectivity index (χ1v) is 21.4. The van der Waals surface area contributed by atoms with E-state index in [0.717, 1.165) is 11.5 Å². The molecular formula is C46H40O4P3+. The summed E-state index contributed by atoms with van der Waals surface area (Å²) in [5.74, 6) is 0.765. The molecule has 53 heavy (non-hydrogen) atoms. The van der Waals surface area contributed by atoms with E-state index >= 15 is 0 Å². The Morgan fingerprint density at radius 1 is 0.491 bits per heavy atom. The van der Waals surface area contributed by atoms with Crippen LogP contribution in [0.1, 0.15) is 36.4 Å². The van der Waals surface area contributed by atoms with Gasteiger partial charge in [-0.2, -0.15) is 4.89 Å². The average Bonchev–Trinajstić information content (AvgIpc) is 3.20. The molecule has 7 aromatic carbocycles. The number of para-hydroxylation sites is 2. The molecule has 7 heteroatoms. The lowest BCUT2D eigenvalue weighted by Crippen LogP contribution is -2.32. The number of rotatable bonds is 8. The second-order valence-electron chi connectivity index (χ2n) is 13.1. The van der Waals surface area contributed by atoms with Gasteiger partial charge in [0.25, 0.3) is 0 Å². The molecule has 1 aliphatic heterocycles. The molecule has 262 valence electrons. The Bertz CT molecular complexity index is 2070. The standard InChI is InChI=1S/C39H32OP2.C7H7O3P/c1-39(2)33-25-15-27-35(41(29-17-7-3-8-18-29)30-19-9-4-10-20-30)37(33)40-38-34(39)26-16-28-36(38)42(31-21-11-5-12-22-31)32-23-13-6-14-24-32;8-7(11(9)10)6-4-2-1-3-5-6/h3-28H,1-2H3;1-5,7-8H/p+1. The third-order valence-corrected chi connectivity index (χ3v) is 15.0. The van der Waals surface area contributed by atoms with Gasteiger partial charge < -0.3 is 9.84 Å². The summed E-state index contributed by atoms with van der Waals surface area (Å²) in [5.41, 5.74) is 2.73. The Balaban J connectivity index is 0.000000341. The fourth-order valence-corrected chi connectivity index (χ4v) is 12.0. The molecular weight excluding hydrogens is 709 g/mol. The van der Waals surface area contributed by atoms with Gasteiger partial charge in [0.2, 0.25) is 0 Å². The third-order valence-electron chi connectivity index (χ3n) is 9.39. The van der Waals surface area contributed by atoms with Crippen molar-refractivity contribution in [3.8, 4) is 11.5 Å². The number of aliphatic hydroxyl groups excluding tert-OH is 1. The van der Waals surface area contributed by atoms with Crippen LogP contribution in [0.2, 0.25) is 0 Å². The maximum absolute atomic E-state index is 10.4. The summed E-state index contributed by atoms with van der Waals surface area (Å²) < 4.78 is 17.7. The van der Waals surface area contributed by atoms with Gasteiger partial charge in [0.1, 0.15) is 11.5 Å². The second-order valence-corrected chi connectivity index (χ2v) is 18.6. The van der Waals surface area contributed by atoms with Crippen molar-refractivity contribution in [2.75, 3.05) is 0 Å². The van der Waals surface area contributed by atoms with Crippen LogP contribution < -0.4 is 36.6 Å². The van der Waals surface area contributed by atoms with Crippen LogP contribution in [0.15, 0.2) is 188 Å². The van der Waals surface area contributed by atoms with Gasteiger partial charge in [-0.15, -0.1) is 0 Å². The molecule has 8 rings (SSSR count). The van der Waals surface area contributed by atoms with E-state index in [0.29, 0.717) is 5.56 Å². The molecule has 0 amide bonds. The number of aliphatic hydroxyl groups is 1. The van der Waals surface area contributed by atoms with Gasteiger partial charge in [-0.1, -0.05) is 202 Å². The predicted octanol–water partition coefficient (Wildman–Crippen LogP) is 9.05. The van der Waals surface area contributed by atoms with Crippen molar-refractivity contribution in [2.45, 2.75) is 25.1 Å². The Hall–Kier alpha value is -4.78. The largest absolute Gasteiger partial charge is 0.542 e. The summed E-state index contributed by atoms with van der Waals surface area (Å²) >= 11 is 0. The normalized spacial score (nSPS) is 13.5. The minimum Gasteiger partial charge on any atom is -0.455 e. The van der Waals surface area contributed by atoms with Gasteiger partial charge in [-0.3, -0.25) is 0 Å². The van der Waals surface area contributed by atoms with Crippen molar-refractivity contribution in [3.63, 3.8) is 0 Å². The van der Waals surface area contributed by atoms with E-state index in [1.54, 1.807) is 30.3 Å². The highest BCUT2D eigenvalue weighted by Crippen LogP contribution is 2.52. The van der Waals surface area contributed by atoms with Crippen molar-refractivity contribution in [1.82, 2.24) is 0 Å². The molecule has 2 N–H and O–H groups in total. The number of benzene rings is 7.